The first-order chi connectivity index (χ1) is 9.65. The lowest BCUT2D eigenvalue weighted by Gasteiger charge is -2.22. The van der Waals surface area contributed by atoms with Crippen LogP contribution in [0.25, 0.3) is 0 Å². The molecule has 1 fully saturated rings. The van der Waals surface area contributed by atoms with Gasteiger partial charge in [0.2, 0.25) is 5.91 Å². The molecule has 0 saturated carbocycles. The van der Waals surface area contributed by atoms with Gasteiger partial charge in [0.1, 0.15) is 11.8 Å². The van der Waals surface area contributed by atoms with Crippen LogP contribution >= 0.6 is 0 Å². The summed E-state index contributed by atoms with van der Waals surface area (Å²) < 4.78 is 9.79. The van der Waals surface area contributed by atoms with Gasteiger partial charge < -0.3 is 14.8 Å². The van der Waals surface area contributed by atoms with Gasteiger partial charge in [0.05, 0.1) is 14.2 Å². The topological polar surface area (TPSA) is 67.9 Å². The van der Waals surface area contributed by atoms with Crippen molar-refractivity contribution < 1.29 is 19.1 Å². The highest BCUT2D eigenvalue weighted by Gasteiger charge is 2.34. The van der Waals surface area contributed by atoms with Crippen LogP contribution in [0.15, 0.2) is 24.3 Å². The third-order valence-electron chi connectivity index (χ3n) is 3.30. The van der Waals surface area contributed by atoms with Crippen molar-refractivity contribution in [2.24, 2.45) is 0 Å². The minimum absolute atomic E-state index is 0.207. The molecule has 108 valence electrons. The molecule has 0 aliphatic carbocycles. The molecule has 2 amide bonds. The van der Waals surface area contributed by atoms with Crippen LogP contribution in [-0.4, -0.2) is 43.7 Å². The normalized spacial score (nSPS) is 17.7. The number of nitrogens with zero attached hydrogens (tertiary/aromatic N) is 1. The second-order valence-corrected chi connectivity index (χ2v) is 4.54. The highest BCUT2D eigenvalue weighted by atomic mass is 16.5. The van der Waals surface area contributed by atoms with Crippen molar-refractivity contribution in [3.8, 4) is 5.75 Å². The Morgan fingerprint density at radius 3 is 2.85 bits per heavy atom. The van der Waals surface area contributed by atoms with Crippen LogP contribution in [0.3, 0.4) is 0 Å². The second kappa shape index (κ2) is 6.27. The highest BCUT2D eigenvalue weighted by molar-refractivity contribution is 5.97. The first-order valence-corrected chi connectivity index (χ1v) is 6.45. The van der Waals surface area contributed by atoms with Crippen LogP contribution in [0.4, 0.5) is 10.5 Å². The summed E-state index contributed by atoms with van der Waals surface area (Å²) in [5.74, 6) is 0.459. The van der Waals surface area contributed by atoms with Crippen molar-refractivity contribution in [2.45, 2.75) is 18.9 Å². The van der Waals surface area contributed by atoms with Crippen molar-refractivity contribution in [3.05, 3.63) is 24.3 Å². The van der Waals surface area contributed by atoms with E-state index in [4.69, 9.17) is 4.74 Å². The predicted molar refractivity (Wildman–Crippen MR) is 73.8 cm³/mol. The molecule has 1 N–H and O–H groups in total. The van der Waals surface area contributed by atoms with Crippen LogP contribution in [0, 0.1) is 0 Å². The van der Waals surface area contributed by atoms with Crippen LogP contribution in [0.2, 0.25) is 0 Å². The Hall–Kier alpha value is -2.24. The van der Waals surface area contributed by atoms with Crippen LogP contribution < -0.4 is 10.1 Å². The molecule has 1 saturated heterocycles. The molecule has 1 atom stereocenters. The molecular weight excluding hydrogens is 260 g/mol. The smallest absolute Gasteiger partial charge is 0.410 e. The lowest BCUT2D eigenvalue weighted by atomic mass is 10.2. The maximum atomic E-state index is 12.2. The molecule has 1 aliphatic rings. The molecule has 0 aromatic heterocycles. The van der Waals surface area contributed by atoms with Crippen molar-refractivity contribution in [2.75, 3.05) is 26.1 Å². The largest absolute Gasteiger partial charge is 0.497 e. The number of anilines is 1. The molecule has 0 radical (unpaired) electrons. The van der Waals surface area contributed by atoms with Crippen LogP contribution in [0.1, 0.15) is 12.8 Å². The minimum Gasteiger partial charge on any atom is -0.497 e. The lowest BCUT2D eigenvalue weighted by molar-refractivity contribution is -0.119. The molecule has 2 rings (SSSR count). The Bertz CT molecular complexity index is 504. The number of rotatable bonds is 3. The summed E-state index contributed by atoms with van der Waals surface area (Å²) in [5.41, 5.74) is 0.645. The number of benzene rings is 1. The third kappa shape index (κ3) is 3.01. The average Bonchev–Trinajstić information content (AvgIpc) is 2.96. The zero-order valence-corrected chi connectivity index (χ0v) is 11.6. The Balaban J connectivity index is 2.05. The van der Waals surface area contributed by atoms with E-state index in [1.54, 1.807) is 31.4 Å². The lowest BCUT2D eigenvalue weighted by Crippen LogP contribution is -2.43. The van der Waals surface area contributed by atoms with E-state index in [-0.39, 0.29) is 5.91 Å². The van der Waals surface area contributed by atoms with Crippen molar-refractivity contribution in [1.82, 2.24) is 4.90 Å². The predicted octanol–water partition coefficient (Wildman–Crippen LogP) is 1.86. The molecule has 0 bridgehead atoms. The number of likely N-dealkylation sites (tertiary alicyclic amines) is 1. The van der Waals surface area contributed by atoms with Gasteiger partial charge in [-0.15, -0.1) is 0 Å². The maximum absolute atomic E-state index is 12.2. The van der Waals surface area contributed by atoms with E-state index in [0.717, 1.165) is 6.42 Å². The van der Waals surface area contributed by atoms with Gasteiger partial charge in [-0.3, -0.25) is 9.69 Å². The average molecular weight is 278 g/mol. The summed E-state index contributed by atoms with van der Waals surface area (Å²) in [6, 6.07) is 6.62. The first-order valence-electron chi connectivity index (χ1n) is 6.45. The summed E-state index contributed by atoms with van der Waals surface area (Å²) in [4.78, 5) is 25.3. The fourth-order valence-corrected chi connectivity index (χ4v) is 2.30. The number of hydrogen-bond donors (Lipinski definition) is 1. The van der Waals surface area contributed by atoms with Gasteiger partial charge in [-0.25, -0.2) is 4.79 Å². The third-order valence-corrected chi connectivity index (χ3v) is 3.30. The highest BCUT2D eigenvalue weighted by Crippen LogP contribution is 2.21. The molecule has 1 aliphatic heterocycles. The summed E-state index contributed by atoms with van der Waals surface area (Å²) >= 11 is 0. The van der Waals surface area contributed by atoms with E-state index in [9.17, 15) is 9.59 Å². The van der Waals surface area contributed by atoms with Gasteiger partial charge in [0, 0.05) is 18.3 Å². The van der Waals surface area contributed by atoms with Gasteiger partial charge in [-0.2, -0.15) is 0 Å². The van der Waals surface area contributed by atoms with E-state index in [1.807, 2.05) is 0 Å². The molecule has 1 aromatic carbocycles. The van der Waals surface area contributed by atoms with E-state index >= 15 is 0 Å². The molecule has 1 heterocycles. The van der Waals surface area contributed by atoms with Crippen LogP contribution in [0.5, 0.6) is 5.75 Å². The fourth-order valence-electron chi connectivity index (χ4n) is 2.30. The van der Waals surface area contributed by atoms with Gasteiger partial charge >= 0.3 is 6.09 Å². The Kier molecular flexibility index (Phi) is 4.45. The SMILES string of the molecule is COC(=O)N1CCCC1C(=O)Nc1cccc(OC)c1. The second-order valence-electron chi connectivity index (χ2n) is 4.54. The molecule has 20 heavy (non-hydrogen) atoms. The fraction of sp³-hybridized carbons (Fsp3) is 0.429. The summed E-state index contributed by atoms with van der Waals surface area (Å²) in [6.45, 7) is 0.545. The zero-order chi connectivity index (χ0) is 14.5. The van der Waals surface area contributed by atoms with Gasteiger partial charge in [-0.05, 0) is 25.0 Å². The minimum atomic E-state index is -0.478. The number of carbonyl (C=O) groups is 2. The van der Waals surface area contributed by atoms with Crippen molar-refractivity contribution in [1.29, 1.82) is 0 Å². The number of hydrogen-bond acceptors (Lipinski definition) is 4. The number of ether oxygens (including phenoxy) is 2. The van der Waals surface area contributed by atoms with E-state index in [1.165, 1.54) is 12.0 Å². The molecular formula is C14H18N2O4. The van der Waals surface area contributed by atoms with Gasteiger partial charge in [-0.1, -0.05) is 6.07 Å². The molecule has 1 unspecified atom stereocenters. The van der Waals surface area contributed by atoms with Crippen molar-refractivity contribution >= 4 is 17.7 Å². The van der Waals surface area contributed by atoms with E-state index in [2.05, 4.69) is 10.1 Å². The molecule has 0 spiro atoms. The molecule has 1 aromatic rings. The van der Waals surface area contributed by atoms with Gasteiger partial charge in [0.25, 0.3) is 0 Å². The zero-order valence-electron chi connectivity index (χ0n) is 11.6. The molecule has 6 nitrogen and oxygen atoms in total. The van der Waals surface area contributed by atoms with Crippen LogP contribution in [-0.2, 0) is 9.53 Å². The number of amides is 2. The number of methoxy groups -OCH3 is 2. The van der Waals surface area contributed by atoms with E-state index in [0.29, 0.717) is 24.4 Å². The maximum Gasteiger partial charge on any atom is 0.410 e. The first kappa shape index (κ1) is 14.2. The number of nitrogens with one attached hydrogen (secondary N) is 1. The monoisotopic (exact) mass is 278 g/mol. The number of carbonyl (C=O) groups excluding carboxylic acids is 2. The van der Waals surface area contributed by atoms with Crippen molar-refractivity contribution in [3.63, 3.8) is 0 Å². The van der Waals surface area contributed by atoms with E-state index < -0.39 is 12.1 Å². The Morgan fingerprint density at radius 2 is 2.15 bits per heavy atom. The van der Waals surface area contributed by atoms with Gasteiger partial charge in [0.15, 0.2) is 0 Å². The summed E-state index contributed by atoms with van der Waals surface area (Å²) in [6.07, 6.45) is 0.976. The summed E-state index contributed by atoms with van der Waals surface area (Å²) in [5, 5.41) is 2.80. The quantitative estimate of drug-likeness (QED) is 0.916. The Labute approximate surface area is 117 Å². The Morgan fingerprint density at radius 1 is 1.35 bits per heavy atom. The molecule has 6 heteroatoms. The standard InChI is InChI=1S/C14H18N2O4/c1-19-11-6-3-5-10(9-11)15-13(17)12-7-4-8-16(12)14(18)20-2/h3,5-6,9,12H,4,7-8H2,1-2H3,(H,15,17). The summed E-state index contributed by atoms with van der Waals surface area (Å²) in [7, 11) is 2.88.